The van der Waals surface area contributed by atoms with Gasteiger partial charge in [0.25, 0.3) is 0 Å². The van der Waals surface area contributed by atoms with Crippen LogP contribution in [0.2, 0.25) is 0 Å². The minimum Gasteiger partial charge on any atom is -0.339 e. The summed E-state index contributed by atoms with van der Waals surface area (Å²) in [6, 6.07) is 24.6. The molecule has 0 fully saturated rings. The normalized spacial score (nSPS) is 11.3. The molecule has 1 aromatic heterocycles. The number of benzene rings is 3. The number of anilines is 2. The maximum Gasteiger partial charge on any atom is 0.187 e. The summed E-state index contributed by atoms with van der Waals surface area (Å²) in [5.41, 5.74) is 4.38. The number of para-hydroxylation sites is 1. The molecule has 1 heterocycles. The van der Waals surface area contributed by atoms with Crippen LogP contribution >= 0.6 is 0 Å². The van der Waals surface area contributed by atoms with E-state index in [2.05, 4.69) is 21.2 Å². The number of fused-ring (bicyclic) bond motifs is 1. The molecule has 4 rings (SSSR count). The van der Waals surface area contributed by atoms with Gasteiger partial charge in [-0.05, 0) is 54.4 Å². The van der Waals surface area contributed by atoms with Gasteiger partial charge in [0, 0.05) is 23.9 Å². The maximum absolute atomic E-state index is 11.7. The summed E-state index contributed by atoms with van der Waals surface area (Å²) in [6.07, 6.45) is 1.19. The summed E-state index contributed by atoms with van der Waals surface area (Å²) in [5, 5.41) is 18.9. The van der Waals surface area contributed by atoms with Crippen molar-refractivity contribution in [3.63, 3.8) is 0 Å². The summed E-state index contributed by atoms with van der Waals surface area (Å²) in [7, 11) is -3.25. The molecule has 0 aliphatic rings. The number of sulfone groups is 1. The van der Waals surface area contributed by atoms with Crippen molar-refractivity contribution in [2.75, 3.05) is 17.7 Å². The maximum atomic E-state index is 11.7. The first-order valence-corrected chi connectivity index (χ1v) is 11.6. The highest BCUT2D eigenvalue weighted by Crippen LogP contribution is 2.35. The Kier molecular flexibility index (Phi) is 5.40. The summed E-state index contributed by atoms with van der Waals surface area (Å²) < 4.78 is 23.4. The number of rotatable bonds is 5. The Labute approximate surface area is 181 Å². The third kappa shape index (κ3) is 3.98. The fourth-order valence-electron chi connectivity index (χ4n) is 3.59. The highest BCUT2D eigenvalue weighted by atomic mass is 32.2. The van der Waals surface area contributed by atoms with Crippen molar-refractivity contribution in [1.82, 2.24) is 10.2 Å². The topological polar surface area (TPSA) is 86.9 Å². The van der Waals surface area contributed by atoms with E-state index in [1.54, 1.807) is 24.3 Å². The van der Waals surface area contributed by atoms with Crippen molar-refractivity contribution >= 4 is 32.1 Å². The summed E-state index contributed by atoms with van der Waals surface area (Å²) in [6.45, 7) is 2.69. The molecule has 0 atom stereocenters. The highest BCUT2D eigenvalue weighted by molar-refractivity contribution is 7.90. The van der Waals surface area contributed by atoms with Crippen molar-refractivity contribution < 1.29 is 8.42 Å². The van der Waals surface area contributed by atoms with Crippen LogP contribution in [0.25, 0.3) is 22.0 Å². The molecule has 0 aliphatic heterocycles. The van der Waals surface area contributed by atoms with Crippen LogP contribution in [-0.4, -0.2) is 31.4 Å². The van der Waals surface area contributed by atoms with Crippen LogP contribution < -0.4 is 4.90 Å². The van der Waals surface area contributed by atoms with Gasteiger partial charge in [-0.2, -0.15) is 5.26 Å². The Balaban J connectivity index is 1.85. The summed E-state index contributed by atoms with van der Waals surface area (Å²) in [5.74, 6) is 0. The van der Waals surface area contributed by atoms with Gasteiger partial charge in [0.1, 0.15) is 6.07 Å². The Bertz CT molecular complexity index is 1390. The third-order valence-corrected chi connectivity index (χ3v) is 6.24. The predicted octanol–water partition coefficient (Wildman–Crippen LogP) is 4.73. The van der Waals surface area contributed by atoms with E-state index in [1.165, 1.54) is 6.26 Å². The molecule has 154 valence electrons. The van der Waals surface area contributed by atoms with E-state index in [0.29, 0.717) is 12.1 Å². The fourth-order valence-corrected chi connectivity index (χ4v) is 4.22. The minimum absolute atomic E-state index is 0.267. The Morgan fingerprint density at radius 3 is 2.23 bits per heavy atom. The lowest BCUT2D eigenvalue weighted by molar-refractivity contribution is 0.602. The number of hydrogen-bond acceptors (Lipinski definition) is 6. The van der Waals surface area contributed by atoms with Gasteiger partial charge in [-0.25, -0.2) is 8.42 Å². The Morgan fingerprint density at radius 1 is 0.935 bits per heavy atom. The average molecular weight is 429 g/mol. The van der Waals surface area contributed by atoms with Crippen LogP contribution in [0.1, 0.15) is 12.6 Å². The molecule has 0 saturated heterocycles. The van der Waals surface area contributed by atoms with Crippen molar-refractivity contribution in [2.24, 2.45) is 0 Å². The molecule has 0 spiro atoms. The molecule has 0 radical (unpaired) electrons. The molecular weight excluding hydrogens is 408 g/mol. The second-order valence-electron chi connectivity index (χ2n) is 7.12. The molecule has 31 heavy (non-hydrogen) atoms. The lowest BCUT2D eigenvalue weighted by Crippen LogP contribution is -2.18. The molecule has 3 aromatic carbocycles. The van der Waals surface area contributed by atoms with E-state index >= 15 is 0 Å². The molecule has 6 nitrogen and oxygen atoms in total. The van der Waals surface area contributed by atoms with Crippen LogP contribution in [0.4, 0.5) is 11.4 Å². The zero-order valence-corrected chi connectivity index (χ0v) is 18.0. The summed E-state index contributed by atoms with van der Waals surface area (Å²) >= 11 is 0. The van der Waals surface area contributed by atoms with Crippen molar-refractivity contribution in [3.8, 4) is 17.2 Å². The molecule has 4 aromatic rings. The SMILES string of the molecule is CCN(c1ccccc1)c1c(C#N)nnc2cc(-c3ccc(S(C)(=O)=O)cc3)ccc12. The highest BCUT2D eigenvalue weighted by Gasteiger charge is 2.18. The van der Waals surface area contributed by atoms with Crippen LogP contribution in [0.5, 0.6) is 0 Å². The van der Waals surface area contributed by atoms with Crippen LogP contribution in [0.3, 0.4) is 0 Å². The van der Waals surface area contributed by atoms with E-state index in [-0.39, 0.29) is 10.6 Å². The van der Waals surface area contributed by atoms with Crippen molar-refractivity contribution in [1.29, 1.82) is 5.26 Å². The second-order valence-corrected chi connectivity index (χ2v) is 9.13. The monoisotopic (exact) mass is 428 g/mol. The lowest BCUT2D eigenvalue weighted by Gasteiger charge is -2.25. The van der Waals surface area contributed by atoms with Crippen LogP contribution in [0.15, 0.2) is 77.7 Å². The van der Waals surface area contributed by atoms with Gasteiger partial charge in [-0.1, -0.05) is 36.4 Å². The van der Waals surface area contributed by atoms with Gasteiger partial charge in [0.2, 0.25) is 0 Å². The lowest BCUT2D eigenvalue weighted by atomic mass is 10.0. The molecular formula is C24H20N4O2S. The molecule has 0 aliphatic carbocycles. The van der Waals surface area contributed by atoms with E-state index in [0.717, 1.165) is 27.9 Å². The second kappa shape index (κ2) is 8.17. The van der Waals surface area contributed by atoms with Crippen LogP contribution in [-0.2, 0) is 9.84 Å². The van der Waals surface area contributed by atoms with Gasteiger partial charge < -0.3 is 4.90 Å². The first-order valence-electron chi connectivity index (χ1n) is 9.76. The van der Waals surface area contributed by atoms with Crippen molar-refractivity contribution in [2.45, 2.75) is 11.8 Å². The first kappa shape index (κ1) is 20.5. The van der Waals surface area contributed by atoms with E-state index in [4.69, 9.17) is 0 Å². The summed E-state index contributed by atoms with van der Waals surface area (Å²) in [4.78, 5) is 2.33. The number of aromatic nitrogens is 2. The largest absolute Gasteiger partial charge is 0.339 e. The molecule has 7 heteroatoms. The number of nitrogens with zero attached hydrogens (tertiary/aromatic N) is 4. The average Bonchev–Trinajstić information content (AvgIpc) is 2.79. The quantitative estimate of drug-likeness (QED) is 0.457. The molecule has 0 saturated carbocycles. The smallest absolute Gasteiger partial charge is 0.187 e. The molecule has 0 bridgehead atoms. The van der Waals surface area contributed by atoms with Crippen LogP contribution in [0, 0.1) is 11.3 Å². The van der Waals surface area contributed by atoms with E-state index in [1.807, 2.05) is 55.5 Å². The molecule has 0 N–H and O–H groups in total. The Hall–Kier alpha value is -3.76. The van der Waals surface area contributed by atoms with Gasteiger partial charge in [-0.15, -0.1) is 10.2 Å². The molecule has 0 unspecified atom stereocenters. The third-order valence-electron chi connectivity index (χ3n) is 5.11. The van der Waals surface area contributed by atoms with Crippen molar-refractivity contribution in [3.05, 3.63) is 78.5 Å². The zero-order valence-electron chi connectivity index (χ0n) is 17.1. The Morgan fingerprint density at radius 2 is 1.61 bits per heavy atom. The van der Waals surface area contributed by atoms with E-state index < -0.39 is 9.84 Å². The van der Waals surface area contributed by atoms with Gasteiger partial charge in [0.15, 0.2) is 15.5 Å². The van der Waals surface area contributed by atoms with E-state index in [9.17, 15) is 13.7 Å². The number of hydrogen-bond donors (Lipinski definition) is 0. The minimum atomic E-state index is -3.25. The fraction of sp³-hybridized carbons (Fsp3) is 0.125. The predicted molar refractivity (Wildman–Crippen MR) is 122 cm³/mol. The first-order chi connectivity index (χ1) is 14.9. The number of nitriles is 1. The van der Waals surface area contributed by atoms with Gasteiger partial charge in [-0.3, -0.25) is 0 Å². The zero-order chi connectivity index (χ0) is 22.0. The van der Waals surface area contributed by atoms with Gasteiger partial charge >= 0.3 is 0 Å². The van der Waals surface area contributed by atoms with Gasteiger partial charge in [0.05, 0.1) is 16.1 Å². The standard InChI is InChI=1S/C24H20N4O2S/c1-3-28(19-7-5-4-6-8-19)24-21-14-11-18(15-22(21)26-27-23(24)16-25)17-9-12-20(13-10-17)31(2,29)30/h4-15H,3H2,1-2H3. The molecule has 0 amide bonds.